The molecule has 1 N–H and O–H groups in total. The van der Waals surface area contributed by atoms with E-state index in [4.69, 9.17) is 4.74 Å². The molecule has 1 amide bonds. The Labute approximate surface area is 146 Å². The molecule has 0 spiro atoms. The van der Waals surface area contributed by atoms with Gasteiger partial charge in [0.25, 0.3) is 0 Å². The van der Waals surface area contributed by atoms with Crippen LogP contribution in [-0.2, 0) is 4.79 Å². The number of aromatic nitrogens is 2. The SMILES string of the molecule is COc1ccc([C@H]2CC(=O)Nc3c2cnn3-c2ccc(C)cc2)cc1. The quantitative estimate of drug-likeness (QED) is 0.796. The van der Waals surface area contributed by atoms with E-state index in [1.165, 1.54) is 5.56 Å². The lowest BCUT2D eigenvalue weighted by molar-refractivity contribution is -0.116. The van der Waals surface area contributed by atoms with Crippen molar-refractivity contribution in [1.82, 2.24) is 9.78 Å². The third kappa shape index (κ3) is 2.78. The number of fused-ring (bicyclic) bond motifs is 1. The van der Waals surface area contributed by atoms with E-state index in [1.807, 2.05) is 61.7 Å². The summed E-state index contributed by atoms with van der Waals surface area (Å²) in [5.74, 6) is 1.55. The molecular weight excluding hydrogens is 314 g/mol. The minimum atomic E-state index is -0.00569. The molecule has 5 nitrogen and oxygen atoms in total. The molecule has 2 heterocycles. The molecule has 0 unspecified atom stereocenters. The van der Waals surface area contributed by atoms with Crippen LogP contribution in [0.4, 0.5) is 5.82 Å². The van der Waals surface area contributed by atoms with Crippen LogP contribution in [0.3, 0.4) is 0 Å². The predicted octanol–water partition coefficient (Wildman–Crippen LogP) is 3.66. The summed E-state index contributed by atoms with van der Waals surface area (Å²) in [6, 6.07) is 15.9. The fourth-order valence-corrected chi connectivity index (χ4v) is 3.24. The third-order valence-corrected chi connectivity index (χ3v) is 4.62. The minimum absolute atomic E-state index is 0.00202. The Morgan fingerprint density at radius 2 is 1.84 bits per heavy atom. The molecule has 126 valence electrons. The van der Waals surface area contributed by atoms with Crippen molar-refractivity contribution in [3.63, 3.8) is 0 Å². The molecule has 0 fully saturated rings. The van der Waals surface area contributed by atoms with Crippen LogP contribution in [0.15, 0.2) is 54.7 Å². The zero-order valence-corrected chi connectivity index (χ0v) is 14.2. The Bertz CT molecular complexity index is 911. The maximum absolute atomic E-state index is 12.3. The fourth-order valence-electron chi connectivity index (χ4n) is 3.24. The van der Waals surface area contributed by atoms with E-state index >= 15 is 0 Å². The average molecular weight is 333 g/mol. The first-order valence-electron chi connectivity index (χ1n) is 8.24. The van der Waals surface area contributed by atoms with Crippen LogP contribution < -0.4 is 10.1 Å². The van der Waals surface area contributed by atoms with Gasteiger partial charge in [-0.15, -0.1) is 0 Å². The molecule has 0 bridgehead atoms. The number of anilines is 1. The zero-order chi connectivity index (χ0) is 17.4. The summed E-state index contributed by atoms with van der Waals surface area (Å²) in [5.41, 5.74) is 4.23. The first-order chi connectivity index (χ1) is 12.2. The van der Waals surface area contributed by atoms with Gasteiger partial charge in [-0.05, 0) is 36.8 Å². The average Bonchev–Trinajstić information content (AvgIpc) is 3.05. The summed E-state index contributed by atoms with van der Waals surface area (Å²) in [6.07, 6.45) is 2.27. The van der Waals surface area contributed by atoms with Crippen LogP contribution in [-0.4, -0.2) is 22.8 Å². The normalized spacial score (nSPS) is 16.2. The molecule has 0 saturated carbocycles. The molecule has 1 aliphatic heterocycles. The third-order valence-electron chi connectivity index (χ3n) is 4.62. The van der Waals surface area contributed by atoms with Crippen LogP contribution in [0.2, 0.25) is 0 Å². The summed E-state index contributed by atoms with van der Waals surface area (Å²) in [5, 5.41) is 7.50. The molecule has 1 atom stereocenters. The van der Waals surface area contributed by atoms with Crippen molar-refractivity contribution < 1.29 is 9.53 Å². The summed E-state index contributed by atoms with van der Waals surface area (Å²) in [7, 11) is 1.65. The number of carbonyl (C=O) groups is 1. The molecule has 0 saturated heterocycles. The highest BCUT2D eigenvalue weighted by atomic mass is 16.5. The number of hydrogen-bond acceptors (Lipinski definition) is 3. The number of nitrogens with zero attached hydrogens (tertiary/aromatic N) is 2. The summed E-state index contributed by atoms with van der Waals surface area (Å²) in [4.78, 5) is 12.3. The van der Waals surface area contributed by atoms with Crippen molar-refractivity contribution in [1.29, 1.82) is 0 Å². The van der Waals surface area contributed by atoms with Crippen molar-refractivity contribution >= 4 is 11.7 Å². The highest BCUT2D eigenvalue weighted by Crippen LogP contribution is 2.38. The first kappa shape index (κ1) is 15.4. The van der Waals surface area contributed by atoms with Crippen molar-refractivity contribution in [2.75, 3.05) is 12.4 Å². The lowest BCUT2D eigenvalue weighted by Crippen LogP contribution is -2.24. The summed E-state index contributed by atoms with van der Waals surface area (Å²) in [6.45, 7) is 2.05. The number of ether oxygens (including phenoxy) is 1. The number of amides is 1. The molecule has 4 rings (SSSR count). The van der Waals surface area contributed by atoms with Gasteiger partial charge < -0.3 is 10.1 Å². The van der Waals surface area contributed by atoms with E-state index in [0.717, 1.165) is 28.4 Å². The molecule has 3 aromatic rings. The number of carbonyl (C=O) groups excluding carboxylic acids is 1. The van der Waals surface area contributed by atoms with Gasteiger partial charge >= 0.3 is 0 Å². The monoisotopic (exact) mass is 333 g/mol. The standard InChI is InChI=1S/C20H19N3O2/c1-13-3-7-15(8-4-13)23-20-18(12-21-23)17(11-19(24)22-20)14-5-9-16(25-2)10-6-14/h3-10,12,17H,11H2,1-2H3,(H,22,24)/t17-/m1/s1. The minimum Gasteiger partial charge on any atom is -0.497 e. The lowest BCUT2D eigenvalue weighted by atomic mass is 9.87. The molecule has 2 aromatic carbocycles. The van der Waals surface area contributed by atoms with Gasteiger partial charge in [0.05, 0.1) is 19.0 Å². The molecule has 0 radical (unpaired) electrons. The second-order valence-corrected chi connectivity index (χ2v) is 6.27. The van der Waals surface area contributed by atoms with Crippen molar-refractivity contribution in [2.45, 2.75) is 19.3 Å². The highest BCUT2D eigenvalue weighted by molar-refractivity contribution is 5.94. The summed E-state index contributed by atoms with van der Waals surface area (Å²) < 4.78 is 7.02. The topological polar surface area (TPSA) is 56.1 Å². The molecule has 1 aromatic heterocycles. The second kappa shape index (κ2) is 6.09. The maximum atomic E-state index is 12.3. The van der Waals surface area contributed by atoms with Crippen LogP contribution >= 0.6 is 0 Å². The zero-order valence-electron chi connectivity index (χ0n) is 14.2. The van der Waals surface area contributed by atoms with Gasteiger partial charge in [-0.1, -0.05) is 29.8 Å². The Morgan fingerprint density at radius 1 is 1.12 bits per heavy atom. The molecule has 0 aliphatic carbocycles. The van der Waals surface area contributed by atoms with Crippen molar-refractivity contribution in [2.24, 2.45) is 0 Å². The Hall–Kier alpha value is -3.08. The van der Waals surface area contributed by atoms with E-state index in [1.54, 1.807) is 11.8 Å². The number of rotatable bonds is 3. The smallest absolute Gasteiger partial charge is 0.226 e. The van der Waals surface area contributed by atoms with Gasteiger partial charge in [-0.2, -0.15) is 5.10 Å². The second-order valence-electron chi connectivity index (χ2n) is 6.27. The number of hydrogen-bond donors (Lipinski definition) is 1. The fraction of sp³-hybridized carbons (Fsp3) is 0.200. The van der Waals surface area contributed by atoms with Gasteiger partial charge in [0.1, 0.15) is 11.6 Å². The van der Waals surface area contributed by atoms with Gasteiger partial charge in [-0.25, -0.2) is 4.68 Å². The van der Waals surface area contributed by atoms with E-state index < -0.39 is 0 Å². The van der Waals surface area contributed by atoms with Crippen LogP contribution in [0.1, 0.15) is 29.0 Å². The van der Waals surface area contributed by atoms with E-state index in [9.17, 15) is 4.79 Å². The molecular formula is C20H19N3O2. The number of nitrogens with one attached hydrogen (secondary N) is 1. The van der Waals surface area contributed by atoms with Gasteiger partial charge in [0.15, 0.2) is 0 Å². The number of aryl methyl sites for hydroxylation is 1. The molecule has 1 aliphatic rings. The molecule has 25 heavy (non-hydrogen) atoms. The Morgan fingerprint density at radius 3 is 2.52 bits per heavy atom. The number of benzene rings is 2. The van der Waals surface area contributed by atoms with Crippen LogP contribution in [0.25, 0.3) is 5.69 Å². The van der Waals surface area contributed by atoms with Crippen LogP contribution in [0, 0.1) is 6.92 Å². The maximum Gasteiger partial charge on any atom is 0.226 e. The van der Waals surface area contributed by atoms with E-state index in [-0.39, 0.29) is 11.8 Å². The van der Waals surface area contributed by atoms with E-state index in [2.05, 4.69) is 10.4 Å². The van der Waals surface area contributed by atoms with Gasteiger partial charge in [0, 0.05) is 17.9 Å². The molecule has 5 heteroatoms. The largest absolute Gasteiger partial charge is 0.497 e. The Balaban J connectivity index is 1.76. The van der Waals surface area contributed by atoms with Gasteiger partial charge in [0.2, 0.25) is 5.91 Å². The van der Waals surface area contributed by atoms with Crippen molar-refractivity contribution in [3.8, 4) is 11.4 Å². The first-order valence-corrected chi connectivity index (χ1v) is 8.24. The number of methoxy groups -OCH3 is 1. The summed E-state index contributed by atoms with van der Waals surface area (Å²) >= 11 is 0. The van der Waals surface area contributed by atoms with Crippen molar-refractivity contribution in [3.05, 3.63) is 71.4 Å². The van der Waals surface area contributed by atoms with Gasteiger partial charge in [-0.3, -0.25) is 4.79 Å². The van der Waals surface area contributed by atoms with E-state index in [0.29, 0.717) is 6.42 Å². The lowest BCUT2D eigenvalue weighted by Gasteiger charge is -2.24. The highest BCUT2D eigenvalue weighted by Gasteiger charge is 2.30. The predicted molar refractivity (Wildman–Crippen MR) is 96.4 cm³/mol. The Kier molecular flexibility index (Phi) is 3.76. The van der Waals surface area contributed by atoms with Crippen LogP contribution in [0.5, 0.6) is 5.75 Å².